The molecule has 0 amide bonds. The van der Waals surface area contributed by atoms with Crippen LogP contribution in [0.5, 0.6) is 11.5 Å². The minimum absolute atomic E-state index is 0.432. The lowest BCUT2D eigenvalue weighted by Gasteiger charge is -2.18. The molecule has 2 rings (SSSR count). The smallest absolute Gasteiger partial charge is 0.166 e. The highest BCUT2D eigenvalue weighted by atomic mass is 35.5. The molecule has 23 heavy (non-hydrogen) atoms. The number of rotatable bonds is 8. The quantitative estimate of drug-likeness (QED) is 0.751. The van der Waals surface area contributed by atoms with Gasteiger partial charge < -0.3 is 14.8 Å². The Balaban J connectivity index is 2.20. The third kappa shape index (κ3) is 5.15. The number of methoxy groups -OCH3 is 1. The fraction of sp³-hybridized carbons (Fsp3) is 0.368. The Morgan fingerprint density at radius 3 is 2.57 bits per heavy atom. The highest BCUT2D eigenvalue weighted by Gasteiger charge is 2.14. The van der Waals surface area contributed by atoms with E-state index in [-0.39, 0.29) is 0 Å². The molecule has 0 aliphatic carbocycles. The highest BCUT2D eigenvalue weighted by Crippen LogP contribution is 2.35. The Hall–Kier alpha value is -1.71. The van der Waals surface area contributed by atoms with Crippen LogP contribution in [0.25, 0.3) is 0 Å². The first kappa shape index (κ1) is 17.6. The number of ether oxygens (including phenoxy) is 2. The summed E-state index contributed by atoms with van der Waals surface area (Å²) in [5, 5.41) is 4.12. The first-order valence-electron chi connectivity index (χ1n) is 7.90. The summed E-state index contributed by atoms with van der Waals surface area (Å²) in [6, 6.07) is 14.2. The second-order valence-corrected chi connectivity index (χ2v) is 6.00. The van der Waals surface area contributed by atoms with Crippen LogP contribution in [0.1, 0.15) is 31.4 Å². The molecule has 0 heterocycles. The van der Waals surface area contributed by atoms with Crippen molar-refractivity contribution >= 4 is 11.6 Å². The molecule has 1 unspecified atom stereocenters. The fourth-order valence-electron chi connectivity index (χ4n) is 2.23. The van der Waals surface area contributed by atoms with E-state index < -0.39 is 0 Å². The summed E-state index contributed by atoms with van der Waals surface area (Å²) in [4.78, 5) is 0. The molecule has 0 aromatic heterocycles. The molecule has 0 saturated carbocycles. The van der Waals surface area contributed by atoms with Gasteiger partial charge in [-0.05, 0) is 25.0 Å². The molecule has 0 spiro atoms. The summed E-state index contributed by atoms with van der Waals surface area (Å²) in [6.45, 7) is 5.50. The van der Waals surface area contributed by atoms with E-state index in [9.17, 15) is 0 Å². The van der Waals surface area contributed by atoms with Crippen molar-refractivity contribution in [3.8, 4) is 11.5 Å². The van der Waals surface area contributed by atoms with Crippen molar-refractivity contribution < 1.29 is 9.47 Å². The SMILES string of the molecule is CCC(C)NCc1cc(Cl)cc(OC)c1OCc1ccccc1. The van der Waals surface area contributed by atoms with Gasteiger partial charge in [-0.1, -0.05) is 48.9 Å². The molecule has 2 aromatic rings. The van der Waals surface area contributed by atoms with Crippen LogP contribution in [-0.2, 0) is 13.2 Å². The summed E-state index contributed by atoms with van der Waals surface area (Å²) >= 11 is 6.20. The minimum atomic E-state index is 0.432. The summed E-state index contributed by atoms with van der Waals surface area (Å²) in [5.41, 5.74) is 2.12. The van der Waals surface area contributed by atoms with Gasteiger partial charge in [-0.25, -0.2) is 0 Å². The van der Waals surface area contributed by atoms with E-state index in [1.54, 1.807) is 13.2 Å². The van der Waals surface area contributed by atoms with Gasteiger partial charge in [0.2, 0.25) is 0 Å². The monoisotopic (exact) mass is 333 g/mol. The van der Waals surface area contributed by atoms with Gasteiger partial charge in [-0.15, -0.1) is 0 Å². The lowest BCUT2D eigenvalue weighted by Crippen LogP contribution is -2.24. The van der Waals surface area contributed by atoms with Gasteiger partial charge in [0.05, 0.1) is 7.11 Å². The Kier molecular flexibility index (Phi) is 6.75. The average molecular weight is 334 g/mol. The van der Waals surface area contributed by atoms with E-state index in [2.05, 4.69) is 19.2 Å². The Morgan fingerprint density at radius 2 is 1.91 bits per heavy atom. The molecular formula is C19H24ClNO2. The molecule has 0 bridgehead atoms. The summed E-state index contributed by atoms with van der Waals surface area (Å²) in [7, 11) is 1.63. The largest absolute Gasteiger partial charge is 0.493 e. The summed E-state index contributed by atoms with van der Waals surface area (Å²) in [6.07, 6.45) is 1.07. The van der Waals surface area contributed by atoms with Crippen LogP contribution in [0.4, 0.5) is 0 Å². The molecule has 0 aliphatic rings. The van der Waals surface area contributed by atoms with Crippen molar-refractivity contribution in [3.05, 3.63) is 58.6 Å². The molecule has 0 aliphatic heterocycles. The molecule has 124 valence electrons. The van der Waals surface area contributed by atoms with E-state index in [0.717, 1.165) is 23.3 Å². The zero-order chi connectivity index (χ0) is 16.7. The van der Waals surface area contributed by atoms with E-state index in [4.69, 9.17) is 21.1 Å². The first-order chi connectivity index (χ1) is 11.1. The van der Waals surface area contributed by atoms with Gasteiger partial charge in [0.25, 0.3) is 0 Å². The van der Waals surface area contributed by atoms with E-state index in [1.165, 1.54) is 0 Å². The molecule has 1 N–H and O–H groups in total. The van der Waals surface area contributed by atoms with Gasteiger partial charge in [0, 0.05) is 29.2 Å². The number of benzene rings is 2. The highest BCUT2D eigenvalue weighted by molar-refractivity contribution is 6.30. The lowest BCUT2D eigenvalue weighted by molar-refractivity contribution is 0.280. The van der Waals surface area contributed by atoms with Gasteiger partial charge in [-0.3, -0.25) is 0 Å². The Labute approximate surface area is 143 Å². The van der Waals surface area contributed by atoms with Crippen molar-refractivity contribution in [3.63, 3.8) is 0 Å². The molecule has 1 atom stereocenters. The predicted molar refractivity (Wildman–Crippen MR) is 95.4 cm³/mol. The van der Waals surface area contributed by atoms with Crippen molar-refractivity contribution in [2.45, 2.75) is 39.5 Å². The lowest BCUT2D eigenvalue weighted by atomic mass is 10.1. The maximum atomic E-state index is 6.20. The van der Waals surface area contributed by atoms with Crippen molar-refractivity contribution in [1.29, 1.82) is 0 Å². The van der Waals surface area contributed by atoms with Crippen LogP contribution >= 0.6 is 11.6 Å². The number of hydrogen-bond acceptors (Lipinski definition) is 3. The molecule has 0 fully saturated rings. The second kappa shape index (κ2) is 8.80. The molecule has 0 radical (unpaired) electrons. The van der Waals surface area contributed by atoms with Gasteiger partial charge >= 0.3 is 0 Å². The second-order valence-electron chi connectivity index (χ2n) is 5.56. The number of halogens is 1. The van der Waals surface area contributed by atoms with Crippen LogP contribution in [0, 0.1) is 0 Å². The number of hydrogen-bond donors (Lipinski definition) is 1. The van der Waals surface area contributed by atoms with Crippen LogP contribution < -0.4 is 14.8 Å². The maximum Gasteiger partial charge on any atom is 0.166 e. The Bertz CT molecular complexity index is 616. The minimum Gasteiger partial charge on any atom is -0.493 e. The summed E-state index contributed by atoms with van der Waals surface area (Å²) < 4.78 is 11.5. The van der Waals surface area contributed by atoms with Crippen LogP contribution in [0.3, 0.4) is 0 Å². The molecule has 3 nitrogen and oxygen atoms in total. The van der Waals surface area contributed by atoms with Crippen molar-refractivity contribution in [2.75, 3.05) is 7.11 Å². The van der Waals surface area contributed by atoms with Crippen LogP contribution in [-0.4, -0.2) is 13.2 Å². The number of nitrogens with one attached hydrogen (secondary N) is 1. The van der Waals surface area contributed by atoms with E-state index in [1.807, 2.05) is 36.4 Å². The third-order valence-electron chi connectivity index (χ3n) is 3.80. The fourth-order valence-corrected chi connectivity index (χ4v) is 2.46. The normalized spacial score (nSPS) is 12.0. The van der Waals surface area contributed by atoms with Crippen molar-refractivity contribution in [2.24, 2.45) is 0 Å². The van der Waals surface area contributed by atoms with Crippen LogP contribution in [0.15, 0.2) is 42.5 Å². The van der Waals surface area contributed by atoms with E-state index in [0.29, 0.717) is 30.0 Å². The topological polar surface area (TPSA) is 30.5 Å². The zero-order valence-electron chi connectivity index (χ0n) is 13.9. The third-order valence-corrected chi connectivity index (χ3v) is 4.01. The van der Waals surface area contributed by atoms with Gasteiger partial charge in [-0.2, -0.15) is 0 Å². The molecule has 0 saturated heterocycles. The van der Waals surface area contributed by atoms with Gasteiger partial charge in [0.1, 0.15) is 6.61 Å². The standard InChI is InChI=1S/C19H24ClNO2/c1-4-14(2)21-12-16-10-17(20)11-18(22-3)19(16)23-13-15-8-6-5-7-9-15/h5-11,14,21H,4,12-13H2,1-3H3. The summed E-state index contributed by atoms with van der Waals surface area (Å²) in [5.74, 6) is 1.41. The zero-order valence-corrected chi connectivity index (χ0v) is 14.7. The first-order valence-corrected chi connectivity index (χ1v) is 8.28. The molecule has 2 aromatic carbocycles. The van der Waals surface area contributed by atoms with Crippen LogP contribution in [0.2, 0.25) is 5.02 Å². The Morgan fingerprint density at radius 1 is 1.17 bits per heavy atom. The van der Waals surface area contributed by atoms with Crippen molar-refractivity contribution in [1.82, 2.24) is 5.32 Å². The predicted octanol–water partition coefficient (Wildman–Crippen LogP) is 4.82. The molecular weight excluding hydrogens is 310 g/mol. The average Bonchev–Trinajstić information content (AvgIpc) is 2.58. The molecule has 4 heteroatoms. The maximum absolute atomic E-state index is 6.20. The van der Waals surface area contributed by atoms with E-state index >= 15 is 0 Å². The van der Waals surface area contributed by atoms with Gasteiger partial charge in [0.15, 0.2) is 11.5 Å².